The van der Waals surface area contributed by atoms with E-state index in [-0.39, 0.29) is 12.1 Å². The zero-order valence-electron chi connectivity index (χ0n) is 12.5. The van der Waals surface area contributed by atoms with E-state index in [1.807, 2.05) is 20.8 Å². The standard InChI is InChI=1S/C13H27N3O2/c1-10(11-9-14-7-8-15(11)5)16(6)12(17)18-13(2,3)4/h10-11,14H,7-9H2,1-6H3. The van der Waals surface area contributed by atoms with E-state index in [0.29, 0.717) is 6.04 Å². The average molecular weight is 257 g/mol. The Kier molecular flexibility index (Phi) is 4.99. The number of nitrogens with one attached hydrogen (secondary N) is 1. The van der Waals surface area contributed by atoms with Crippen molar-refractivity contribution in [3.63, 3.8) is 0 Å². The number of hydrogen-bond acceptors (Lipinski definition) is 4. The Labute approximate surface area is 110 Å². The lowest BCUT2D eigenvalue weighted by Gasteiger charge is -2.40. The zero-order valence-corrected chi connectivity index (χ0v) is 12.5. The molecular weight excluding hydrogens is 230 g/mol. The van der Waals surface area contributed by atoms with Gasteiger partial charge in [0.1, 0.15) is 5.60 Å². The molecule has 0 aliphatic carbocycles. The van der Waals surface area contributed by atoms with Gasteiger partial charge in [0.25, 0.3) is 0 Å². The molecule has 0 aromatic carbocycles. The summed E-state index contributed by atoms with van der Waals surface area (Å²) in [6.07, 6.45) is -0.256. The van der Waals surface area contributed by atoms with E-state index in [1.54, 1.807) is 11.9 Å². The molecule has 1 aliphatic heterocycles. The lowest BCUT2D eigenvalue weighted by molar-refractivity contribution is 0.0125. The van der Waals surface area contributed by atoms with Gasteiger partial charge in [0, 0.05) is 38.8 Å². The summed E-state index contributed by atoms with van der Waals surface area (Å²) in [6.45, 7) is 10.7. The first-order chi connectivity index (χ1) is 8.22. The van der Waals surface area contributed by atoms with Gasteiger partial charge in [0.2, 0.25) is 0 Å². The summed E-state index contributed by atoms with van der Waals surface area (Å²) in [5.74, 6) is 0. The molecule has 1 amide bonds. The Morgan fingerprint density at radius 3 is 2.61 bits per heavy atom. The van der Waals surface area contributed by atoms with E-state index in [0.717, 1.165) is 19.6 Å². The molecule has 1 fully saturated rings. The number of likely N-dealkylation sites (N-methyl/N-ethyl adjacent to an activating group) is 2. The van der Waals surface area contributed by atoms with Crippen LogP contribution in [0.4, 0.5) is 4.79 Å². The van der Waals surface area contributed by atoms with Gasteiger partial charge in [-0.3, -0.25) is 4.90 Å². The third-order valence-electron chi connectivity index (χ3n) is 3.41. The quantitative estimate of drug-likeness (QED) is 0.806. The second kappa shape index (κ2) is 5.89. The Bertz CT molecular complexity index is 288. The van der Waals surface area contributed by atoms with E-state index < -0.39 is 5.60 Å². The number of ether oxygens (including phenoxy) is 1. The molecule has 1 rings (SSSR count). The third-order valence-corrected chi connectivity index (χ3v) is 3.41. The SMILES string of the molecule is CC(C1CNCCN1C)N(C)C(=O)OC(C)(C)C. The first-order valence-corrected chi connectivity index (χ1v) is 6.59. The highest BCUT2D eigenvalue weighted by atomic mass is 16.6. The van der Waals surface area contributed by atoms with Crippen LogP contribution in [0.3, 0.4) is 0 Å². The molecule has 5 nitrogen and oxygen atoms in total. The van der Waals surface area contributed by atoms with E-state index in [2.05, 4.69) is 24.2 Å². The van der Waals surface area contributed by atoms with Crippen LogP contribution >= 0.6 is 0 Å². The lowest BCUT2D eigenvalue weighted by atomic mass is 10.1. The molecule has 1 N–H and O–H groups in total. The highest BCUT2D eigenvalue weighted by Gasteiger charge is 2.31. The summed E-state index contributed by atoms with van der Waals surface area (Å²) >= 11 is 0. The number of nitrogens with zero attached hydrogens (tertiary/aromatic N) is 2. The minimum Gasteiger partial charge on any atom is -0.444 e. The smallest absolute Gasteiger partial charge is 0.410 e. The zero-order chi connectivity index (χ0) is 13.9. The van der Waals surface area contributed by atoms with Gasteiger partial charge >= 0.3 is 6.09 Å². The van der Waals surface area contributed by atoms with Gasteiger partial charge in [-0.1, -0.05) is 0 Å². The van der Waals surface area contributed by atoms with Crippen LogP contribution in [0.1, 0.15) is 27.7 Å². The molecule has 0 saturated carbocycles. The number of carbonyl (C=O) groups is 1. The van der Waals surface area contributed by atoms with E-state index >= 15 is 0 Å². The van der Waals surface area contributed by atoms with Crippen LogP contribution in [0, 0.1) is 0 Å². The predicted octanol–water partition coefficient (Wildman–Crippen LogP) is 1.15. The summed E-state index contributed by atoms with van der Waals surface area (Å²) in [5.41, 5.74) is -0.443. The van der Waals surface area contributed by atoms with Gasteiger partial charge in [-0.25, -0.2) is 4.79 Å². The van der Waals surface area contributed by atoms with E-state index in [9.17, 15) is 4.79 Å². The van der Waals surface area contributed by atoms with E-state index in [1.165, 1.54) is 0 Å². The molecule has 18 heavy (non-hydrogen) atoms. The highest BCUT2D eigenvalue weighted by molar-refractivity contribution is 5.68. The molecule has 0 radical (unpaired) electrons. The Morgan fingerprint density at radius 1 is 1.50 bits per heavy atom. The van der Waals surface area contributed by atoms with Crippen molar-refractivity contribution in [2.24, 2.45) is 0 Å². The second-order valence-corrected chi connectivity index (χ2v) is 6.08. The van der Waals surface area contributed by atoms with Gasteiger partial charge in [-0.15, -0.1) is 0 Å². The molecule has 0 aromatic rings. The Morgan fingerprint density at radius 2 is 2.11 bits per heavy atom. The fourth-order valence-electron chi connectivity index (χ4n) is 2.12. The predicted molar refractivity (Wildman–Crippen MR) is 72.7 cm³/mol. The molecule has 1 saturated heterocycles. The first kappa shape index (κ1) is 15.2. The molecular formula is C13H27N3O2. The van der Waals surface area contributed by atoms with Crippen LogP contribution < -0.4 is 5.32 Å². The number of piperazine rings is 1. The van der Waals surface area contributed by atoms with Crippen LogP contribution in [-0.2, 0) is 4.74 Å². The molecule has 1 heterocycles. The molecule has 0 aromatic heterocycles. The summed E-state index contributed by atoms with van der Waals surface area (Å²) in [5, 5.41) is 3.37. The summed E-state index contributed by atoms with van der Waals surface area (Å²) in [6, 6.07) is 0.453. The van der Waals surface area contributed by atoms with Gasteiger partial charge in [-0.05, 0) is 34.7 Å². The fraction of sp³-hybridized carbons (Fsp3) is 0.923. The van der Waals surface area contributed by atoms with Crippen molar-refractivity contribution in [1.82, 2.24) is 15.1 Å². The molecule has 1 aliphatic rings. The van der Waals surface area contributed by atoms with Crippen molar-refractivity contribution in [1.29, 1.82) is 0 Å². The maximum absolute atomic E-state index is 12.0. The van der Waals surface area contributed by atoms with Crippen molar-refractivity contribution >= 4 is 6.09 Å². The fourth-order valence-corrected chi connectivity index (χ4v) is 2.12. The van der Waals surface area contributed by atoms with Crippen LogP contribution in [-0.4, -0.2) is 67.3 Å². The van der Waals surface area contributed by atoms with Gasteiger partial charge < -0.3 is 15.0 Å². The van der Waals surface area contributed by atoms with Gasteiger partial charge in [0.05, 0.1) is 0 Å². The van der Waals surface area contributed by atoms with Crippen molar-refractivity contribution in [2.45, 2.75) is 45.4 Å². The van der Waals surface area contributed by atoms with Crippen LogP contribution in [0.25, 0.3) is 0 Å². The van der Waals surface area contributed by atoms with Gasteiger partial charge in [0.15, 0.2) is 0 Å². The number of amides is 1. The highest BCUT2D eigenvalue weighted by Crippen LogP contribution is 2.14. The Hall–Kier alpha value is -0.810. The topological polar surface area (TPSA) is 44.8 Å². The maximum atomic E-state index is 12.0. The molecule has 0 bridgehead atoms. The second-order valence-electron chi connectivity index (χ2n) is 6.08. The van der Waals surface area contributed by atoms with E-state index in [4.69, 9.17) is 4.74 Å². The molecule has 0 spiro atoms. The summed E-state index contributed by atoms with van der Waals surface area (Å²) in [4.78, 5) is 16.0. The van der Waals surface area contributed by atoms with Crippen molar-refractivity contribution in [2.75, 3.05) is 33.7 Å². The maximum Gasteiger partial charge on any atom is 0.410 e. The molecule has 106 valence electrons. The largest absolute Gasteiger partial charge is 0.444 e. The number of hydrogen-bond donors (Lipinski definition) is 1. The number of rotatable bonds is 2. The van der Waals surface area contributed by atoms with Crippen LogP contribution in [0.5, 0.6) is 0 Å². The molecule has 2 unspecified atom stereocenters. The molecule has 5 heteroatoms. The first-order valence-electron chi connectivity index (χ1n) is 6.59. The van der Waals surface area contributed by atoms with Gasteiger partial charge in [-0.2, -0.15) is 0 Å². The minimum absolute atomic E-state index is 0.123. The Balaban J connectivity index is 2.59. The summed E-state index contributed by atoms with van der Waals surface area (Å²) < 4.78 is 5.39. The van der Waals surface area contributed by atoms with Crippen LogP contribution in [0.2, 0.25) is 0 Å². The minimum atomic E-state index is -0.443. The summed E-state index contributed by atoms with van der Waals surface area (Å²) in [7, 11) is 3.91. The average Bonchev–Trinajstić information content (AvgIpc) is 2.25. The number of carbonyl (C=O) groups excluding carboxylic acids is 1. The normalized spacial score (nSPS) is 23.6. The lowest BCUT2D eigenvalue weighted by Crippen LogP contribution is -2.58. The van der Waals surface area contributed by atoms with Crippen LogP contribution in [0.15, 0.2) is 0 Å². The van der Waals surface area contributed by atoms with Crippen molar-refractivity contribution in [3.05, 3.63) is 0 Å². The third kappa shape index (κ3) is 4.14. The monoisotopic (exact) mass is 257 g/mol. The van der Waals surface area contributed by atoms with Crippen molar-refractivity contribution in [3.8, 4) is 0 Å². The molecule has 2 atom stereocenters. The van der Waals surface area contributed by atoms with Crippen molar-refractivity contribution < 1.29 is 9.53 Å².